The summed E-state index contributed by atoms with van der Waals surface area (Å²) in [6.07, 6.45) is 20.6. The Hall–Kier alpha value is -2.76. The number of thiol groups is 1. The number of rotatable bonds is 41. The van der Waals surface area contributed by atoms with Crippen LogP contribution in [0.4, 0.5) is 0 Å². The van der Waals surface area contributed by atoms with E-state index in [-0.39, 0.29) is 75.5 Å². The van der Waals surface area contributed by atoms with Gasteiger partial charge in [0.2, 0.25) is 11.8 Å². The molecule has 0 fully saturated rings. The number of aliphatic carboxylic acids is 2. The van der Waals surface area contributed by atoms with Crippen LogP contribution in [0.5, 0.6) is 0 Å². The van der Waals surface area contributed by atoms with Gasteiger partial charge in [-0.25, -0.2) is 4.79 Å². The quantitative estimate of drug-likeness (QED) is 0.0111. The number of unbranched alkanes of at least 4 members (excludes halogenated alkanes) is 13. The molecule has 0 aliphatic carbocycles. The molecule has 0 heterocycles. The Bertz CT molecular complexity index is 1120. The summed E-state index contributed by atoms with van der Waals surface area (Å²) >= 11 is 3.53. The molecule has 0 saturated heterocycles. The van der Waals surface area contributed by atoms with Gasteiger partial charge in [0.1, 0.15) is 18.9 Å². The van der Waals surface area contributed by atoms with Crippen molar-refractivity contribution in [2.75, 3.05) is 79.2 Å². The highest BCUT2D eigenvalue weighted by atomic mass is 32.1. The van der Waals surface area contributed by atoms with Gasteiger partial charge in [0.05, 0.1) is 59.8 Å². The molecule has 15 nitrogen and oxygen atoms in total. The minimum Gasteiger partial charge on any atom is -0.481 e. The zero-order valence-electron chi connectivity index (χ0n) is 49.4. The van der Waals surface area contributed by atoms with Crippen molar-refractivity contribution < 1.29 is 57.9 Å². The molecule has 0 aliphatic rings. The maximum Gasteiger partial charge on any atom is 0.326 e. The van der Waals surface area contributed by atoms with Crippen LogP contribution in [-0.4, -0.2) is 147 Å². The van der Waals surface area contributed by atoms with E-state index in [0.717, 1.165) is 89.3 Å². The van der Waals surface area contributed by atoms with E-state index in [0.29, 0.717) is 39.1 Å². The standard InChI is InChI=1S/C27H48N2O9.C9H19NO2.C8H15BO.C2H5B.4C2H6.CH4S/c30-18-20-38-22-21-37-19-17-28-24(31)16-15-23(27(35)36)29-25(32)13-11-9-7-5-3-1-2-4-6-8-10-12-14-26(33)34;1-9(2)8-12-7-6-11-5-4-10-3;1-3-4-5-6-7(2)8(9)10;1-2-3;5*1-2/h18,23H,1-17,19-22H2,(H,28,31)(H,29,32)(H,33,34)(H,35,36);10H,1,4-8H2,2-3H3;7H,3-6H2,1-2H3;2H2,1H3;4*1-2H3;2H,1H3. The molecule has 2 amide bonds. The molecule has 0 aromatic rings. The van der Waals surface area contributed by atoms with Crippen LogP contribution in [0.1, 0.15) is 212 Å². The number of hydrogen-bond acceptors (Lipinski definition) is 12. The Morgan fingerprint density at radius 2 is 1.04 bits per heavy atom. The van der Waals surface area contributed by atoms with Crippen molar-refractivity contribution in [1.29, 1.82) is 0 Å². The van der Waals surface area contributed by atoms with E-state index in [1.54, 1.807) is 6.26 Å². The lowest BCUT2D eigenvalue weighted by Gasteiger charge is -2.14. The molecule has 434 valence electrons. The van der Waals surface area contributed by atoms with Crippen LogP contribution in [-0.2, 0) is 47.7 Å². The first kappa shape index (κ1) is 89.8. The Balaban J connectivity index is -0.000000135. The zero-order valence-corrected chi connectivity index (χ0v) is 50.3. The topological polar surface area (TPSA) is 216 Å². The van der Waals surface area contributed by atoms with Crippen molar-refractivity contribution in [3.63, 3.8) is 0 Å². The first-order chi connectivity index (χ1) is 35.2. The number of aldehydes is 1. The molecule has 0 aromatic carbocycles. The number of carboxylic acids is 2. The maximum absolute atomic E-state index is 12.1. The van der Waals surface area contributed by atoms with Gasteiger partial charge in [-0.05, 0) is 45.9 Å². The highest BCUT2D eigenvalue weighted by molar-refractivity contribution is 7.79. The molecule has 2 unspecified atom stereocenters. The highest BCUT2D eigenvalue weighted by Crippen LogP contribution is 2.13. The molecule has 18 heteroatoms. The predicted molar refractivity (Wildman–Crippen MR) is 313 cm³/mol. The number of amides is 2. The van der Waals surface area contributed by atoms with Crippen molar-refractivity contribution in [3.05, 3.63) is 12.2 Å². The third-order valence-corrected chi connectivity index (χ3v) is 8.91. The van der Waals surface area contributed by atoms with Crippen molar-refractivity contribution >= 4 is 64.0 Å². The molecule has 2 atom stereocenters. The molecular weight excluding hydrogens is 948 g/mol. The van der Waals surface area contributed by atoms with Crippen LogP contribution in [0, 0.1) is 5.92 Å². The number of ether oxygens (including phenoxy) is 4. The first-order valence-electron chi connectivity index (χ1n) is 27.7. The molecule has 0 bridgehead atoms. The Morgan fingerprint density at radius 3 is 1.44 bits per heavy atom. The fourth-order valence-electron chi connectivity index (χ4n) is 5.31. The molecule has 0 spiro atoms. The zero-order chi connectivity index (χ0) is 58.2. The second-order valence-corrected chi connectivity index (χ2v) is 15.3. The van der Waals surface area contributed by atoms with Crippen LogP contribution < -0.4 is 16.0 Å². The number of hydrogen-bond donors (Lipinski definition) is 6. The van der Waals surface area contributed by atoms with Crippen LogP contribution in [0.15, 0.2) is 12.2 Å². The minimum atomic E-state index is -1.16. The fourth-order valence-corrected chi connectivity index (χ4v) is 5.31. The van der Waals surface area contributed by atoms with Gasteiger partial charge in [-0.2, -0.15) is 12.6 Å². The number of likely N-dealkylation sites (N-methyl/N-ethyl adjacent to an activating group) is 1. The maximum atomic E-state index is 12.1. The first-order valence-corrected chi connectivity index (χ1v) is 28.6. The molecule has 4 radical (unpaired) electrons. The fraction of sp³-hybridized carbons (Fsp3) is 0.855. The summed E-state index contributed by atoms with van der Waals surface area (Å²) in [6, 6.07) is -1.10. The molecule has 0 rings (SSSR count). The summed E-state index contributed by atoms with van der Waals surface area (Å²) in [5.74, 6) is -2.45. The second kappa shape index (κ2) is 88.9. The minimum absolute atomic E-state index is 0.00956. The summed E-state index contributed by atoms with van der Waals surface area (Å²) in [5, 5.41) is 26.1. The molecule has 5 N–H and O–H groups in total. The van der Waals surface area contributed by atoms with Crippen molar-refractivity contribution in [2.24, 2.45) is 5.92 Å². The summed E-state index contributed by atoms with van der Waals surface area (Å²) < 4.78 is 20.6. The summed E-state index contributed by atoms with van der Waals surface area (Å²) in [5.41, 5.74) is 0.876. The van der Waals surface area contributed by atoms with Gasteiger partial charge in [0, 0.05) is 38.3 Å². The summed E-state index contributed by atoms with van der Waals surface area (Å²) in [4.78, 5) is 66.5. The molecule has 0 aromatic heterocycles. The van der Waals surface area contributed by atoms with E-state index in [4.69, 9.17) is 39.7 Å². The SMILES string of the molecule is C=C(C)COCCOCCNC.CC.CC.CC.CC.CS.O=CCOCCOCCNC(=O)CCC(NC(=O)CCCCCCCCCCCCCCC(=O)O)C(=O)O.[B]C(=O)C(C)CCCCC.[B]CC. The van der Waals surface area contributed by atoms with Gasteiger partial charge in [0.15, 0.2) is 7.85 Å². The summed E-state index contributed by atoms with van der Waals surface area (Å²) in [6.45, 7) is 32.3. The van der Waals surface area contributed by atoms with Crippen LogP contribution in [0.25, 0.3) is 0 Å². The molecule has 0 saturated carbocycles. The van der Waals surface area contributed by atoms with Crippen LogP contribution >= 0.6 is 12.6 Å². The van der Waals surface area contributed by atoms with Gasteiger partial charge in [0.25, 0.3) is 0 Å². The average molecular weight is 1060 g/mol. The Kier molecular flexibility index (Phi) is 109. The number of carboxylic acid groups (broad SMARTS) is 2. The van der Waals surface area contributed by atoms with Gasteiger partial charge >= 0.3 is 11.9 Å². The average Bonchev–Trinajstić information content (AvgIpc) is 3.39. The van der Waals surface area contributed by atoms with Gasteiger partial charge in [-0.3, -0.25) is 14.4 Å². The van der Waals surface area contributed by atoms with Gasteiger partial charge in [-0.15, -0.1) is 0 Å². The van der Waals surface area contributed by atoms with Crippen molar-refractivity contribution in [2.45, 2.75) is 224 Å². The number of nitrogens with one attached hydrogen (secondary N) is 3. The number of carbonyl (C=O) groups excluding carboxylic acids is 4. The van der Waals surface area contributed by atoms with Crippen molar-refractivity contribution in [3.8, 4) is 0 Å². The van der Waals surface area contributed by atoms with E-state index in [1.165, 1.54) is 32.1 Å². The molecule has 73 heavy (non-hydrogen) atoms. The molecule has 0 aliphatic heterocycles. The lowest BCUT2D eigenvalue weighted by Crippen LogP contribution is -2.41. The van der Waals surface area contributed by atoms with E-state index in [2.05, 4.69) is 42.1 Å². The van der Waals surface area contributed by atoms with Gasteiger partial charge < -0.3 is 54.7 Å². The lowest BCUT2D eigenvalue weighted by molar-refractivity contribution is -0.142. The highest BCUT2D eigenvalue weighted by Gasteiger charge is 2.20. The largest absolute Gasteiger partial charge is 0.481 e. The Labute approximate surface area is 457 Å². The monoisotopic (exact) mass is 1060 g/mol. The smallest absolute Gasteiger partial charge is 0.326 e. The van der Waals surface area contributed by atoms with E-state index in [9.17, 15) is 33.9 Å². The van der Waals surface area contributed by atoms with E-state index >= 15 is 0 Å². The Morgan fingerprint density at radius 1 is 0.616 bits per heavy atom. The second-order valence-electron chi connectivity index (χ2n) is 15.3. The van der Waals surface area contributed by atoms with Gasteiger partial charge in [-0.1, -0.05) is 178 Å². The van der Waals surface area contributed by atoms with Crippen LogP contribution in [0.3, 0.4) is 0 Å². The van der Waals surface area contributed by atoms with Crippen molar-refractivity contribution in [1.82, 2.24) is 16.0 Å². The number of carbonyl (C=O) groups is 6. The summed E-state index contributed by atoms with van der Waals surface area (Å²) in [7, 11) is 11.8. The van der Waals surface area contributed by atoms with E-state index in [1.807, 2.05) is 83.2 Å². The third kappa shape index (κ3) is 103. The third-order valence-electron chi connectivity index (χ3n) is 8.91. The van der Waals surface area contributed by atoms with E-state index < -0.39 is 18.0 Å². The predicted octanol–water partition coefficient (Wildman–Crippen LogP) is 11.2. The lowest BCUT2D eigenvalue weighted by atomic mass is 9.87. The normalized spacial score (nSPS) is 10.1. The molecular formula is C55H115B2N3O12S. The van der Waals surface area contributed by atoms with Crippen LogP contribution in [0.2, 0.25) is 6.32 Å².